The Labute approximate surface area is 249 Å². The third-order valence-electron chi connectivity index (χ3n) is 5.99. The Bertz CT molecular complexity index is 1470. The van der Waals surface area contributed by atoms with Crippen molar-refractivity contribution in [3.8, 4) is 5.75 Å². The Morgan fingerprint density at radius 2 is 1.60 bits per heavy atom. The number of benzene rings is 3. The Morgan fingerprint density at radius 3 is 2.17 bits per heavy atom. The quantitative estimate of drug-likeness (QED) is 0.291. The van der Waals surface area contributed by atoms with Crippen molar-refractivity contribution in [1.82, 2.24) is 10.2 Å². The topological polar surface area (TPSA) is 96.0 Å². The van der Waals surface area contributed by atoms with Gasteiger partial charge in [0.2, 0.25) is 11.8 Å². The zero-order valence-corrected chi connectivity index (χ0v) is 25.5. The van der Waals surface area contributed by atoms with Crippen LogP contribution in [0.1, 0.15) is 26.3 Å². The number of carbonyl (C=O) groups is 2. The fourth-order valence-electron chi connectivity index (χ4n) is 3.88. The smallest absolute Gasteiger partial charge is 0.264 e. The van der Waals surface area contributed by atoms with Gasteiger partial charge in [0.1, 0.15) is 18.3 Å². The Morgan fingerprint density at radius 1 is 0.925 bits per heavy atom. The molecule has 1 atom stereocenters. The van der Waals surface area contributed by atoms with Gasteiger partial charge in [0.05, 0.1) is 22.7 Å². The molecule has 0 fully saturated rings. The van der Waals surface area contributed by atoms with Crippen LogP contribution in [-0.4, -0.2) is 50.9 Å². The lowest BCUT2D eigenvalue weighted by Crippen LogP contribution is -2.52. The highest BCUT2D eigenvalue weighted by atomic mass is 35.5. The summed E-state index contributed by atoms with van der Waals surface area (Å²) < 4.78 is 33.8. The molecule has 0 aromatic heterocycles. The number of amides is 2. The van der Waals surface area contributed by atoms with Crippen molar-refractivity contribution in [2.45, 2.75) is 44.3 Å². The number of hydrogen-bond acceptors (Lipinski definition) is 5. The highest BCUT2D eigenvalue weighted by Crippen LogP contribution is 2.32. The van der Waals surface area contributed by atoms with Crippen molar-refractivity contribution in [1.29, 1.82) is 0 Å². The van der Waals surface area contributed by atoms with E-state index < -0.39 is 34.4 Å². The predicted molar refractivity (Wildman–Crippen MR) is 159 cm³/mol. The summed E-state index contributed by atoms with van der Waals surface area (Å²) in [4.78, 5) is 28.2. The van der Waals surface area contributed by atoms with E-state index in [0.717, 1.165) is 4.31 Å². The van der Waals surface area contributed by atoms with Gasteiger partial charge in [0, 0.05) is 22.6 Å². The molecule has 0 heterocycles. The predicted octanol–water partition coefficient (Wildman–Crippen LogP) is 5.79. The maximum absolute atomic E-state index is 13.9. The monoisotopic (exact) mass is 625 g/mol. The van der Waals surface area contributed by atoms with Crippen LogP contribution in [0.4, 0.5) is 5.69 Å². The first kappa shape index (κ1) is 31.5. The van der Waals surface area contributed by atoms with E-state index in [9.17, 15) is 18.0 Å². The van der Waals surface area contributed by atoms with Gasteiger partial charge in [-0.3, -0.25) is 13.9 Å². The van der Waals surface area contributed by atoms with Crippen molar-refractivity contribution in [3.63, 3.8) is 0 Å². The van der Waals surface area contributed by atoms with Crippen molar-refractivity contribution in [3.05, 3.63) is 87.4 Å². The largest absolute Gasteiger partial charge is 0.495 e. The number of anilines is 1. The van der Waals surface area contributed by atoms with Crippen molar-refractivity contribution >= 4 is 62.3 Å². The second kappa shape index (κ2) is 13.6. The van der Waals surface area contributed by atoms with Crippen LogP contribution in [0.5, 0.6) is 5.75 Å². The lowest BCUT2D eigenvalue weighted by atomic mass is 10.1. The summed E-state index contributed by atoms with van der Waals surface area (Å²) in [6, 6.07) is 15.8. The van der Waals surface area contributed by atoms with Crippen LogP contribution < -0.4 is 14.4 Å². The molecule has 0 radical (unpaired) electrons. The average molecular weight is 627 g/mol. The summed E-state index contributed by atoms with van der Waals surface area (Å²) in [7, 11) is -2.79. The third kappa shape index (κ3) is 7.60. The summed E-state index contributed by atoms with van der Waals surface area (Å²) in [5.41, 5.74) is 0.681. The number of sulfonamides is 1. The van der Waals surface area contributed by atoms with Crippen LogP contribution in [0.15, 0.2) is 71.6 Å². The maximum Gasteiger partial charge on any atom is 0.264 e. The molecule has 0 bridgehead atoms. The van der Waals surface area contributed by atoms with Gasteiger partial charge in [-0.15, -0.1) is 0 Å². The Balaban J connectivity index is 2.08. The van der Waals surface area contributed by atoms with E-state index in [4.69, 9.17) is 39.5 Å². The minimum Gasteiger partial charge on any atom is -0.495 e. The number of nitrogens with zero attached hydrogens (tertiary/aromatic N) is 2. The third-order valence-corrected chi connectivity index (χ3v) is 8.66. The SMILES string of the molecule is COc1ccc(N(CC(=O)N(Cc2ccc(Cl)cc2Cl)[C@@H](C)C(=O)NC(C)C)S(=O)(=O)c2ccccc2)cc1Cl. The van der Waals surface area contributed by atoms with Gasteiger partial charge in [0.25, 0.3) is 10.0 Å². The molecule has 0 saturated heterocycles. The number of methoxy groups -OCH3 is 1. The fourth-order valence-corrected chi connectivity index (χ4v) is 6.03. The maximum atomic E-state index is 13.9. The van der Waals surface area contributed by atoms with Gasteiger partial charge in [-0.05, 0) is 68.8 Å². The van der Waals surface area contributed by atoms with Gasteiger partial charge in [-0.25, -0.2) is 8.42 Å². The second-order valence-electron chi connectivity index (χ2n) is 9.24. The summed E-state index contributed by atoms with van der Waals surface area (Å²) in [5, 5.41) is 3.67. The molecule has 0 aliphatic rings. The summed E-state index contributed by atoms with van der Waals surface area (Å²) in [6.07, 6.45) is 0. The molecule has 0 spiro atoms. The van der Waals surface area contributed by atoms with Crippen LogP contribution in [0.25, 0.3) is 0 Å². The highest BCUT2D eigenvalue weighted by Gasteiger charge is 2.33. The molecule has 0 aliphatic heterocycles. The number of nitrogens with one attached hydrogen (secondary N) is 1. The first-order valence-electron chi connectivity index (χ1n) is 12.3. The van der Waals surface area contributed by atoms with E-state index in [1.807, 2.05) is 0 Å². The van der Waals surface area contributed by atoms with Gasteiger partial charge in [-0.1, -0.05) is 59.1 Å². The molecule has 0 aliphatic carbocycles. The molecule has 1 N–H and O–H groups in total. The molecule has 40 heavy (non-hydrogen) atoms. The molecule has 214 valence electrons. The molecule has 0 saturated carbocycles. The van der Waals surface area contributed by atoms with Crippen LogP contribution >= 0.6 is 34.8 Å². The van der Waals surface area contributed by atoms with Crippen LogP contribution in [0.3, 0.4) is 0 Å². The second-order valence-corrected chi connectivity index (χ2v) is 12.4. The number of ether oxygens (including phenoxy) is 1. The van der Waals surface area contributed by atoms with Gasteiger partial charge in [0.15, 0.2) is 0 Å². The molecule has 3 aromatic rings. The molecule has 0 unspecified atom stereocenters. The number of hydrogen-bond donors (Lipinski definition) is 1. The van der Waals surface area contributed by atoms with E-state index in [1.165, 1.54) is 48.4 Å². The molecule has 3 rings (SSSR count). The average Bonchev–Trinajstić information content (AvgIpc) is 2.90. The van der Waals surface area contributed by atoms with E-state index in [0.29, 0.717) is 21.4 Å². The van der Waals surface area contributed by atoms with Gasteiger partial charge in [-0.2, -0.15) is 0 Å². The van der Waals surface area contributed by atoms with E-state index in [-0.39, 0.29) is 28.2 Å². The summed E-state index contributed by atoms with van der Waals surface area (Å²) in [6.45, 7) is 4.48. The van der Waals surface area contributed by atoms with E-state index in [1.54, 1.807) is 51.1 Å². The zero-order valence-electron chi connectivity index (χ0n) is 22.4. The normalized spacial score (nSPS) is 12.1. The molecule has 12 heteroatoms. The standard InChI is InChI=1S/C28H30Cl3N3O5S/c1-18(2)32-28(36)19(3)33(16-20-10-11-21(29)14-24(20)30)27(35)17-34(22-12-13-26(39-4)25(31)15-22)40(37,38)23-8-6-5-7-9-23/h5-15,18-19H,16-17H2,1-4H3,(H,32,36)/t19-/m0/s1. The highest BCUT2D eigenvalue weighted by molar-refractivity contribution is 7.92. The Hall–Kier alpha value is -2.98. The first-order valence-corrected chi connectivity index (χ1v) is 14.9. The molecule has 8 nitrogen and oxygen atoms in total. The summed E-state index contributed by atoms with van der Waals surface area (Å²) in [5.74, 6) is -0.700. The molecular weight excluding hydrogens is 597 g/mol. The van der Waals surface area contributed by atoms with Gasteiger partial charge >= 0.3 is 0 Å². The number of rotatable bonds is 11. The van der Waals surface area contributed by atoms with E-state index >= 15 is 0 Å². The van der Waals surface area contributed by atoms with Crippen molar-refractivity contribution < 1.29 is 22.7 Å². The van der Waals surface area contributed by atoms with E-state index in [2.05, 4.69) is 5.32 Å². The molecular formula is C28H30Cl3N3O5S. The number of carbonyl (C=O) groups excluding carboxylic acids is 2. The fraction of sp³-hybridized carbons (Fsp3) is 0.286. The van der Waals surface area contributed by atoms with Crippen LogP contribution in [0, 0.1) is 0 Å². The summed E-state index contributed by atoms with van der Waals surface area (Å²) >= 11 is 18.8. The van der Waals surface area contributed by atoms with Crippen molar-refractivity contribution in [2.75, 3.05) is 18.0 Å². The van der Waals surface area contributed by atoms with Crippen LogP contribution in [-0.2, 0) is 26.2 Å². The minimum absolute atomic E-state index is 0.0207. The first-order chi connectivity index (χ1) is 18.8. The van der Waals surface area contributed by atoms with Crippen molar-refractivity contribution in [2.24, 2.45) is 0 Å². The number of halogens is 3. The van der Waals surface area contributed by atoms with Gasteiger partial charge < -0.3 is 15.0 Å². The lowest BCUT2D eigenvalue weighted by molar-refractivity contribution is -0.139. The molecule has 2 amide bonds. The zero-order chi connectivity index (χ0) is 29.6. The minimum atomic E-state index is -4.23. The molecule has 3 aromatic carbocycles. The van der Waals surface area contributed by atoms with Crippen LogP contribution in [0.2, 0.25) is 15.1 Å². The lowest BCUT2D eigenvalue weighted by Gasteiger charge is -2.32. The Kier molecular flexibility index (Phi) is 10.7.